The van der Waals surface area contributed by atoms with Gasteiger partial charge < -0.3 is 9.80 Å². The highest BCUT2D eigenvalue weighted by Crippen LogP contribution is 2.24. The minimum Gasteiger partial charge on any atom is -0.342 e. The fraction of sp³-hybridized carbons (Fsp3) is 0.933. The Hall–Kier alpha value is 0.160. The van der Waals surface area contributed by atoms with Gasteiger partial charge in [-0.05, 0) is 46.2 Å². The smallest absolute Gasteiger partial charge is 0.225 e. The van der Waals surface area contributed by atoms with E-state index in [1.807, 2.05) is 0 Å². The van der Waals surface area contributed by atoms with Crippen molar-refractivity contribution in [1.82, 2.24) is 9.80 Å². The summed E-state index contributed by atoms with van der Waals surface area (Å²) < 4.78 is 0. The van der Waals surface area contributed by atoms with Crippen molar-refractivity contribution in [2.24, 2.45) is 5.92 Å². The molecule has 0 aromatic carbocycles. The largest absolute Gasteiger partial charge is 0.342 e. The molecule has 2 heterocycles. The zero-order valence-corrected chi connectivity index (χ0v) is 14.8. The van der Waals surface area contributed by atoms with Gasteiger partial charge in [-0.2, -0.15) is 0 Å². The zero-order chi connectivity index (χ0) is 13.0. The normalized spacial score (nSPS) is 30.1. The maximum atomic E-state index is 12.6. The monoisotopic (exact) mass is 380 g/mol. The standard InChI is InChI=1S/C15H28N2O.HI/c1-13-12-14(8-11-16(13)2)15(18)17-9-6-4-3-5-7-10-17;/h13-14H,3-12H2,1-2H3;1H/t13-,14-;/m0./s1. The summed E-state index contributed by atoms with van der Waals surface area (Å²) in [6.45, 7) is 5.32. The molecule has 0 spiro atoms. The third-order valence-corrected chi connectivity index (χ3v) is 4.73. The van der Waals surface area contributed by atoms with Gasteiger partial charge in [0.2, 0.25) is 5.91 Å². The van der Waals surface area contributed by atoms with Gasteiger partial charge in [0.25, 0.3) is 0 Å². The number of halogens is 1. The maximum Gasteiger partial charge on any atom is 0.225 e. The summed E-state index contributed by atoms with van der Waals surface area (Å²) in [5.41, 5.74) is 0. The Morgan fingerprint density at radius 3 is 2.16 bits per heavy atom. The van der Waals surface area contributed by atoms with Crippen LogP contribution in [0.5, 0.6) is 0 Å². The van der Waals surface area contributed by atoms with E-state index in [4.69, 9.17) is 0 Å². The molecule has 0 N–H and O–H groups in total. The number of carbonyl (C=O) groups excluding carboxylic acids is 1. The molecule has 4 heteroatoms. The summed E-state index contributed by atoms with van der Waals surface area (Å²) in [5.74, 6) is 0.729. The number of amides is 1. The molecule has 2 saturated heterocycles. The van der Waals surface area contributed by atoms with Crippen molar-refractivity contribution in [3.8, 4) is 0 Å². The van der Waals surface area contributed by atoms with E-state index < -0.39 is 0 Å². The Balaban J connectivity index is 0.00000180. The highest BCUT2D eigenvalue weighted by molar-refractivity contribution is 14.0. The van der Waals surface area contributed by atoms with Crippen molar-refractivity contribution in [2.45, 2.75) is 57.9 Å². The SMILES string of the molecule is C[C@H]1C[C@@H](C(=O)N2CCCCCCC2)CCN1C.I. The van der Waals surface area contributed by atoms with Crippen LogP contribution in [0, 0.1) is 5.92 Å². The van der Waals surface area contributed by atoms with E-state index in [0.29, 0.717) is 11.9 Å². The lowest BCUT2D eigenvalue weighted by Gasteiger charge is -2.37. The average Bonchev–Trinajstić information content (AvgIpc) is 2.31. The maximum absolute atomic E-state index is 12.6. The van der Waals surface area contributed by atoms with Crippen molar-refractivity contribution in [1.29, 1.82) is 0 Å². The first-order valence-electron chi connectivity index (χ1n) is 7.67. The quantitative estimate of drug-likeness (QED) is 0.653. The first-order valence-corrected chi connectivity index (χ1v) is 7.67. The van der Waals surface area contributed by atoms with E-state index in [-0.39, 0.29) is 29.9 Å². The fourth-order valence-electron chi connectivity index (χ4n) is 3.24. The molecule has 19 heavy (non-hydrogen) atoms. The first kappa shape index (κ1) is 17.2. The third-order valence-electron chi connectivity index (χ3n) is 4.73. The predicted octanol–water partition coefficient (Wildman–Crippen LogP) is 3.13. The van der Waals surface area contributed by atoms with Gasteiger partial charge in [0.05, 0.1) is 0 Å². The average molecular weight is 380 g/mol. The molecular weight excluding hydrogens is 351 g/mol. The predicted molar refractivity (Wildman–Crippen MR) is 89.9 cm³/mol. The van der Waals surface area contributed by atoms with E-state index in [1.54, 1.807) is 0 Å². The molecule has 2 aliphatic heterocycles. The van der Waals surface area contributed by atoms with Gasteiger partial charge in [-0.25, -0.2) is 0 Å². The highest BCUT2D eigenvalue weighted by atomic mass is 127. The molecule has 112 valence electrons. The van der Waals surface area contributed by atoms with Gasteiger partial charge >= 0.3 is 0 Å². The van der Waals surface area contributed by atoms with Gasteiger partial charge in [-0.1, -0.05) is 19.3 Å². The Bertz CT molecular complexity index is 271. The number of carbonyl (C=O) groups is 1. The van der Waals surface area contributed by atoms with Crippen LogP contribution in [0.15, 0.2) is 0 Å². The number of piperidine rings is 1. The Morgan fingerprint density at radius 2 is 1.58 bits per heavy atom. The minimum atomic E-state index is 0. The van der Waals surface area contributed by atoms with Crippen LogP contribution in [0.1, 0.15) is 51.9 Å². The summed E-state index contributed by atoms with van der Waals surface area (Å²) in [6, 6.07) is 0.558. The van der Waals surface area contributed by atoms with Crippen molar-refractivity contribution in [2.75, 3.05) is 26.7 Å². The molecule has 1 amide bonds. The summed E-state index contributed by atoms with van der Waals surface area (Å²) in [4.78, 5) is 17.1. The molecule has 2 aliphatic rings. The van der Waals surface area contributed by atoms with Crippen LogP contribution in [0.4, 0.5) is 0 Å². The molecule has 0 aromatic rings. The van der Waals surface area contributed by atoms with Crippen LogP contribution in [-0.4, -0.2) is 48.4 Å². The summed E-state index contributed by atoms with van der Waals surface area (Å²) in [6.07, 6.45) is 8.46. The Morgan fingerprint density at radius 1 is 1.00 bits per heavy atom. The van der Waals surface area contributed by atoms with Crippen LogP contribution < -0.4 is 0 Å². The second kappa shape index (κ2) is 8.45. The molecule has 0 unspecified atom stereocenters. The Kier molecular flexibility index (Phi) is 7.65. The molecular formula is C15H29IN2O. The zero-order valence-electron chi connectivity index (χ0n) is 12.4. The highest BCUT2D eigenvalue weighted by Gasteiger charge is 2.30. The van der Waals surface area contributed by atoms with Crippen LogP contribution in [0.3, 0.4) is 0 Å². The number of rotatable bonds is 1. The van der Waals surface area contributed by atoms with E-state index in [9.17, 15) is 4.79 Å². The molecule has 0 aliphatic carbocycles. The molecule has 2 fully saturated rings. The molecule has 0 aromatic heterocycles. The molecule has 0 saturated carbocycles. The molecule has 0 radical (unpaired) electrons. The van der Waals surface area contributed by atoms with E-state index in [2.05, 4.69) is 23.8 Å². The number of hydrogen-bond acceptors (Lipinski definition) is 2. The van der Waals surface area contributed by atoms with Crippen LogP contribution in [0.2, 0.25) is 0 Å². The topological polar surface area (TPSA) is 23.6 Å². The lowest BCUT2D eigenvalue weighted by atomic mass is 9.90. The van der Waals surface area contributed by atoms with E-state index in [1.165, 1.54) is 32.1 Å². The van der Waals surface area contributed by atoms with Gasteiger partial charge in [0.15, 0.2) is 0 Å². The van der Waals surface area contributed by atoms with Gasteiger partial charge in [0, 0.05) is 25.0 Å². The molecule has 2 rings (SSSR count). The van der Waals surface area contributed by atoms with Crippen molar-refractivity contribution in [3.63, 3.8) is 0 Å². The fourth-order valence-corrected chi connectivity index (χ4v) is 3.24. The van der Waals surface area contributed by atoms with Crippen molar-refractivity contribution >= 4 is 29.9 Å². The van der Waals surface area contributed by atoms with Crippen LogP contribution >= 0.6 is 24.0 Å². The van der Waals surface area contributed by atoms with Gasteiger partial charge in [-0.15, -0.1) is 24.0 Å². The number of likely N-dealkylation sites (tertiary alicyclic amines) is 2. The third kappa shape index (κ3) is 4.88. The lowest BCUT2D eigenvalue weighted by Crippen LogP contribution is -2.45. The number of hydrogen-bond donors (Lipinski definition) is 0. The van der Waals surface area contributed by atoms with Gasteiger partial charge in [0.1, 0.15) is 0 Å². The second-order valence-corrected chi connectivity index (χ2v) is 6.14. The molecule has 3 nitrogen and oxygen atoms in total. The summed E-state index contributed by atoms with van der Waals surface area (Å²) >= 11 is 0. The first-order chi connectivity index (χ1) is 8.68. The lowest BCUT2D eigenvalue weighted by molar-refractivity contribution is -0.138. The summed E-state index contributed by atoms with van der Waals surface area (Å²) in [5, 5.41) is 0. The van der Waals surface area contributed by atoms with Crippen molar-refractivity contribution < 1.29 is 4.79 Å². The van der Waals surface area contributed by atoms with E-state index in [0.717, 1.165) is 32.5 Å². The second-order valence-electron chi connectivity index (χ2n) is 6.14. The minimum absolute atomic E-state index is 0. The van der Waals surface area contributed by atoms with E-state index >= 15 is 0 Å². The molecule has 2 atom stereocenters. The molecule has 0 bridgehead atoms. The Labute approximate surface area is 135 Å². The van der Waals surface area contributed by atoms with Crippen LogP contribution in [-0.2, 0) is 4.79 Å². The van der Waals surface area contributed by atoms with Gasteiger partial charge in [-0.3, -0.25) is 4.79 Å². The van der Waals surface area contributed by atoms with Crippen molar-refractivity contribution in [3.05, 3.63) is 0 Å². The summed E-state index contributed by atoms with van der Waals surface area (Å²) in [7, 11) is 2.17. The van der Waals surface area contributed by atoms with Crippen LogP contribution in [0.25, 0.3) is 0 Å². The number of nitrogens with zero attached hydrogens (tertiary/aromatic N) is 2.